The Morgan fingerprint density at radius 1 is 1.33 bits per heavy atom. The van der Waals surface area contributed by atoms with Gasteiger partial charge in [-0.3, -0.25) is 4.84 Å². The molecule has 1 saturated carbocycles. The van der Waals surface area contributed by atoms with E-state index in [0.717, 1.165) is 12.8 Å². The Balaban J connectivity index is 2.15. The van der Waals surface area contributed by atoms with Crippen molar-refractivity contribution in [1.82, 2.24) is 10.8 Å². The third-order valence-corrected chi connectivity index (χ3v) is 2.14. The van der Waals surface area contributed by atoms with E-state index < -0.39 is 0 Å². The number of hydroxylamine groups is 1. The summed E-state index contributed by atoms with van der Waals surface area (Å²) < 4.78 is 0. The maximum absolute atomic E-state index is 11.0. The van der Waals surface area contributed by atoms with Crippen molar-refractivity contribution in [2.75, 3.05) is 7.11 Å². The molecule has 70 valence electrons. The molecule has 12 heavy (non-hydrogen) atoms. The summed E-state index contributed by atoms with van der Waals surface area (Å²) in [5.74, 6) is 0. The molecule has 1 aliphatic carbocycles. The molecule has 1 fully saturated rings. The molecule has 0 spiro atoms. The van der Waals surface area contributed by atoms with E-state index in [1.807, 2.05) is 0 Å². The van der Waals surface area contributed by atoms with Gasteiger partial charge in [0.1, 0.15) is 0 Å². The van der Waals surface area contributed by atoms with Crippen molar-refractivity contribution in [3.63, 3.8) is 0 Å². The highest BCUT2D eigenvalue weighted by Crippen LogP contribution is 2.16. The van der Waals surface area contributed by atoms with E-state index in [2.05, 4.69) is 15.6 Å². The summed E-state index contributed by atoms with van der Waals surface area (Å²) in [5, 5.41) is 2.84. The lowest BCUT2D eigenvalue weighted by Crippen LogP contribution is -2.42. The van der Waals surface area contributed by atoms with Crippen LogP contribution in [0.4, 0.5) is 4.79 Å². The minimum absolute atomic E-state index is 0.232. The normalized spacial score (nSPS) is 18.8. The van der Waals surface area contributed by atoms with Crippen molar-refractivity contribution in [2.24, 2.45) is 0 Å². The van der Waals surface area contributed by atoms with Gasteiger partial charge in [-0.1, -0.05) is 19.3 Å². The van der Waals surface area contributed by atoms with Gasteiger partial charge in [0, 0.05) is 6.04 Å². The Labute approximate surface area is 72.6 Å². The van der Waals surface area contributed by atoms with Gasteiger partial charge in [-0.2, -0.15) is 0 Å². The van der Waals surface area contributed by atoms with Gasteiger partial charge in [-0.05, 0) is 12.8 Å². The Morgan fingerprint density at radius 3 is 2.58 bits per heavy atom. The van der Waals surface area contributed by atoms with Gasteiger partial charge < -0.3 is 5.32 Å². The second-order valence-corrected chi connectivity index (χ2v) is 3.11. The quantitative estimate of drug-likeness (QED) is 0.614. The molecule has 0 saturated heterocycles. The number of carbonyl (C=O) groups excluding carboxylic acids is 1. The molecule has 4 heteroatoms. The van der Waals surface area contributed by atoms with E-state index >= 15 is 0 Å². The largest absolute Gasteiger partial charge is 0.338 e. The molecule has 0 aromatic rings. The predicted octanol–water partition coefficient (Wildman–Crippen LogP) is 1.18. The van der Waals surface area contributed by atoms with Crippen LogP contribution in [0.25, 0.3) is 0 Å². The molecule has 1 aliphatic rings. The Bertz CT molecular complexity index is 144. The fourth-order valence-corrected chi connectivity index (χ4v) is 1.55. The predicted molar refractivity (Wildman–Crippen MR) is 45.5 cm³/mol. The maximum Gasteiger partial charge on any atom is 0.338 e. The molecular formula is C8H16N2O2. The van der Waals surface area contributed by atoms with Crippen molar-refractivity contribution in [1.29, 1.82) is 0 Å². The van der Waals surface area contributed by atoms with E-state index in [0.29, 0.717) is 6.04 Å². The first-order valence-electron chi connectivity index (χ1n) is 4.42. The molecule has 0 unspecified atom stereocenters. The zero-order valence-corrected chi connectivity index (χ0v) is 7.43. The molecule has 0 aromatic heterocycles. The number of rotatable bonds is 2. The van der Waals surface area contributed by atoms with Crippen LogP contribution in [0.5, 0.6) is 0 Å². The summed E-state index contributed by atoms with van der Waals surface area (Å²) in [7, 11) is 1.43. The molecule has 0 bridgehead atoms. The zero-order valence-electron chi connectivity index (χ0n) is 7.43. The monoisotopic (exact) mass is 172 g/mol. The van der Waals surface area contributed by atoms with Crippen LogP contribution in [0, 0.1) is 0 Å². The van der Waals surface area contributed by atoms with Crippen LogP contribution in [0.1, 0.15) is 32.1 Å². The van der Waals surface area contributed by atoms with Crippen molar-refractivity contribution < 1.29 is 9.63 Å². The zero-order chi connectivity index (χ0) is 8.81. The highest BCUT2D eigenvalue weighted by molar-refractivity contribution is 5.72. The fourth-order valence-electron chi connectivity index (χ4n) is 1.55. The minimum atomic E-state index is -0.232. The number of nitrogens with one attached hydrogen (secondary N) is 2. The lowest BCUT2D eigenvalue weighted by atomic mass is 9.96. The standard InChI is InChI=1S/C8H16N2O2/c1-12-10-8(11)9-7-5-3-2-4-6-7/h7H,2-6H2,1H3,(H2,9,10,11). The van der Waals surface area contributed by atoms with E-state index in [-0.39, 0.29) is 6.03 Å². The van der Waals surface area contributed by atoms with Crippen LogP contribution in [0.3, 0.4) is 0 Å². The van der Waals surface area contributed by atoms with E-state index in [1.165, 1.54) is 26.4 Å². The summed E-state index contributed by atoms with van der Waals surface area (Å²) in [4.78, 5) is 15.4. The van der Waals surface area contributed by atoms with Gasteiger partial charge in [-0.25, -0.2) is 10.3 Å². The van der Waals surface area contributed by atoms with E-state index in [9.17, 15) is 4.79 Å². The van der Waals surface area contributed by atoms with Gasteiger partial charge in [0.25, 0.3) is 0 Å². The maximum atomic E-state index is 11.0. The van der Waals surface area contributed by atoms with Crippen molar-refractivity contribution >= 4 is 6.03 Å². The van der Waals surface area contributed by atoms with Crippen LogP contribution in [0.15, 0.2) is 0 Å². The molecular weight excluding hydrogens is 156 g/mol. The van der Waals surface area contributed by atoms with Crippen molar-refractivity contribution in [3.05, 3.63) is 0 Å². The molecule has 0 aliphatic heterocycles. The van der Waals surface area contributed by atoms with Crippen molar-refractivity contribution in [3.8, 4) is 0 Å². The average molecular weight is 172 g/mol. The molecule has 2 amide bonds. The number of urea groups is 1. The van der Waals surface area contributed by atoms with Crippen LogP contribution in [-0.4, -0.2) is 19.2 Å². The number of amides is 2. The first-order valence-corrected chi connectivity index (χ1v) is 4.42. The van der Waals surface area contributed by atoms with Crippen molar-refractivity contribution in [2.45, 2.75) is 38.1 Å². The Kier molecular flexibility index (Phi) is 3.87. The highest BCUT2D eigenvalue weighted by atomic mass is 16.6. The van der Waals surface area contributed by atoms with Gasteiger partial charge in [0.15, 0.2) is 0 Å². The fraction of sp³-hybridized carbons (Fsp3) is 0.875. The third kappa shape index (κ3) is 3.09. The van der Waals surface area contributed by atoms with Crippen LogP contribution < -0.4 is 10.8 Å². The molecule has 0 atom stereocenters. The first-order chi connectivity index (χ1) is 5.83. The lowest BCUT2D eigenvalue weighted by molar-refractivity contribution is 0.105. The van der Waals surface area contributed by atoms with Crippen LogP contribution >= 0.6 is 0 Å². The van der Waals surface area contributed by atoms with Crippen LogP contribution in [0.2, 0.25) is 0 Å². The molecule has 4 nitrogen and oxygen atoms in total. The minimum Gasteiger partial charge on any atom is -0.334 e. The molecule has 2 N–H and O–H groups in total. The SMILES string of the molecule is CONC(=O)NC1CCCCC1. The second kappa shape index (κ2) is 4.98. The Morgan fingerprint density at radius 2 is 2.00 bits per heavy atom. The van der Waals surface area contributed by atoms with Gasteiger partial charge in [0.05, 0.1) is 7.11 Å². The summed E-state index contributed by atoms with van der Waals surface area (Å²) in [6, 6.07) is 0.110. The van der Waals surface area contributed by atoms with E-state index in [4.69, 9.17) is 0 Å². The summed E-state index contributed by atoms with van der Waals surface area (Å²) >= 11 is 0. The summed E-state index contributed by atoms with van der Waals surface area (Å²) in [6.45, 7) is 0. The lowest BCUT2D eigenvalue weighted by Gasteiger charge is -2.22. The summed E-state index contributed by atoms with van der Waals surface area (Å²) in [5.41, 5.74) is 2.24. The van der Waals surface area contributed by atoms with Gasteiger partial charge in [0.2, 0.25) is 0 Å². The summed E-state index contributed by atoms with van der Waals surface area (Å²) in [6.07, 6.45) is 5.92. The molecule has 0 heterocycles. The average Bonchev–Trinajstić information content (AvgIpc) is 2.06. The highest BCUT2D eigenvalue weighted by Gasteiger charge is 2.14. The van der Waals surface area contributed by atoms with E-state index in [1.54, 1.807) is 0 Å². The Hall–Kier alpha value is -0.770. The van der Waals surface area contributed by atoms with Gasteiger partial charge >= 0.3 is 6.03 Å². The number of hydrogen-bond donors (Lipinski definition) is 2. The first kappa shape index (κ1) is 9.32. The smallest absolute Gasteiger partial charge is 0.334 e. The van der Waals surface area contributed by atoms with Crippen LogP contribution in [-0.2, 0) is 4.84 Å². The molecule has 0 aromatic carbocycles. The molecule has 0 radical (unpaired) electrons. The topological polar surface area (TPSA) is 50.4 Å². The number of carbonyl (C=O) groups is 1. The number of hydrogen-bond acceptors (Lipinski definition) is 2. The second-order valence-electron chi connectivity index (χ2n) is 3.11. The molecule has 1 rings (SSSR count). The third-order valence-electron chi connectivity index (χ3n) is 2.14. The van der Waals surface area contributed by atoms with Gasteiger partial charge in [-0.15, -0.1) is 0 Å².